The van der Waals surface area contributed by atoms with Crippen molar-refractivity contribution in [3.05, 3.63) is 82.2 Å². The van der Waals surface area contributed by atoms with Gasteiger partial charge < -0.3 is 4.74 Å². The monoisotopic (exact) mass is 518 g/mol. The van der Waals surface area contributed by atoms with Crippen molar-refractivity contribution >= 4 is 50.7 Å². The topological polar surface area (TPSA) is 52.3 Å². The quantitative estimate of drug-likeness (QED) is 0.174. The second kappa shape index (κ2) is 9.58. The molecule has 5 nitrogen and oxygen atoms in total. The van der Waals surface area contributed by atoms with Gasteiger partial charge in [0.2, 0.25) is 0 Å². The van der Waals surface area contributed by atoms with Crippen LogP contribution >= 0.6 is 34.9 Å². The van der Waals surface area contributed by atoms with Gasteiger partial charge in [0.1, 0.15) is 4.83 Å². The molecular formula is C27H26N4OS3. The lowest BCUT2D eigenvalue weighted by Crippen LogP contribution is -2.31. The summed E-state index contributed by atoms with van der Waals surface area (Å²) in [5, 5.41) is 12.4. The lowest BCUT2D eigenvalue weighted by molar-refractivity contribution is -0.0379. The zero-order chi connectivity index (χ0) is 23.8. The third kappa shape index (κ3) is 4.72. The van der Waals surface area contributed by atoms with Crippen LogP contribution in [0.1, 0.15) is 35.4 Å². The zero-order valence-electron chi connectivity index (χ0n) is 19.7. The van der Waals surface area contributed by atoms with Crippen molar-refractivity contribution in [1.29, 1.82) is 0 Å². The van der Waals surface area contributed by atoms with Gasteiger partial charge >= 0.3 is 0 Å². The fourth-order valence-electron chi connectivity index (χ4n) is 4.41. The van der Waals surface area contributed by atoms with E-state index in [4.69, 9.17) is 14.8 Å². The van der Waals surface area contributed by atoms with Crippen LogP contribution in [0.2, 0.25) is 0 Å². The van der Waals surface area contributed by atoms with Crippen molar-refractivity contribution in [3.63, 3.8) is 0 Å². The number of thioether (sulfide) groups is 2. The smallest absolute Gasteiger partial charge is 0.197 e. The predicted molar refractivity (Wildman–Crippen MR) is 146 cm³/mol. The van der Waals surface area contributed by atoms with Gasteiger partial charge in [0, 0.05) is 22.8 Å². The van der Waals surface area contributed by atoms with Gasteiger partial charge in [-0.2, -0.15) is 0 Å². The molecule has 0 saturated heterocycles. The van der Waals surface area contributed by atoms with Crippen LogP contribution in [-0.2, 0) is 29.9 Å². The van der Waals surface area contributed by atoms with Crippen molar-refractivity contribution in [3.8, 4) is 0 Å². The Bertz CT molecular complexity index is 1480. The van der Waals surface area contributed by atoms with Gasteiger partial charge in [-0.15, -0.1) is 21.5 Å². The molecule has 2 aromatic carbocycles. The molecule has 0 bridgehead atoms. The van der Waals surface area contributed by atoms with Crippen molar-refractivity contribution in [1.82, 2.24) is 19.6 Å². The molecule has 0 saturated carbocycles. The van der Waals surface area contributed by atoms with E-state index in [1.807, 2.05) is 0 Å². The summed E-state index contributed by atoms with van der Waals surface area (Å²) in [6, 6.07) is 21.1. The van der Waals surface area contributed by atoms with E-state index in [-0.39, 0.29) is 5.60 Å². The number of ether oxygens (including phenoxy) is 1. The van der Waals surface area contributed by atoms with Gasteiger partial charge in [-0.3, -0.25) is 0 Å². The third-order valence-electron chi connectivity index (χ3n) is 6.19. The molecule has 35 heavy (non-hydrogen) atoms. The highest BCUT2D eigenvalue weighted by atomic mass is 32.2. The molecule has 0 amide bonds. The molecule has 0 fully saturated rings. The van der Waals surface area contributed by atoms with E-state index in [0.29, 0.717) is 6.61 Å². The first kappa shape index (κ1) is 23.0. The number of aryl methyl sites for hydroxylation is 1. The molecule has 0 atom stereocenters. The number of benzene rings is 2. The molecule has 8 heteroatoms. The number of aromatic nitrogens is 4. The minimum Gasteiger partial charge on any atom is -0.370 e. The lowest BCUT2D eigenvalue weighted by atomic mass is 9.94. The minimum absolute atomic E-state index is 0.188. The highest BCUT2D eigenvalue weighted by Crippen LogP contribution is 2.41. The highest BCUT2D eigenvalue weighted by Gasteiger charge is 2.31. The fraction of sp³-hybridized carbons (Fsp3) is 0.296. The molecule has 1 aliphatic rings. The Kier molecular flexibility index (Phi) is 6.30. The van der Waals surface area contributed by atoms with E-state index < -0.39 is 0 Å². The number of fused-ring (bicyclic) bond motifs is 5. The molecule has 4 heterocycles. The van der Waals surface area contributed by atoms with E-state index in [2.05, 4.69) is 84.0 Å². The van der Waals surface area contributed by atoms with Gasteiger partial charge in [0.15, 0.2) is 16.0 Å². The number of thiophene rings is 1. The van der Waals surface area contributed by atoms with E-state index in [1.54, 1.807) is 34.9 Å². The summed E-state index contributed by atoms with van der Waals surface area (Å²) in [4.78, 5) is 7.46. The maximum Gasteiger partial charge on any atom is 0.197 e. The van der Waals surface area contributed by atoms with Gasteiger partial charge in [-0.25, -0.2) is 9.38 Å². The lowest BCUT2D eigenvalue weighted by Gasteiger charge is -2.30. The minimum atomic E-state index is -0.188. The molecule has 1 aliphatic heterocycles. The Morgan fingerprint density at radius 3 is 2.46 bits per heavy atom. The molecule has 0 spiro atoms. The van der Waals surface area contributed by atoms with Crippen LogP contribution in [0.3, 0.4) is 0 Å². The van der Waals surface area contributed by atoms with Crippen LogP contribution in [0.25, 0.3) is 15.9 Å². The summed E-state index contributed by atoms with van der Waals surface area (Å²) >= 11 is 5.23. The second-order valence-electron chi connectivity index (χ2n) is 9.30. The molecule has 0 aliphatic carbocycles. The van der Waals surface area contributed by atoms with Crippen LogP contribution < -0.4 is 0 Å². The van der Waals surface area contributed by atoms with Crippen molar-refractivity contribution in [2.45, 2.75) is 55.0 Å². The average molecular weight is 519 g/mol. The van der Waals surface area contributed by atoms with Crippen LogP contribution in [0.4, 0.5) is 0 Å². The van der Waals surface area contributed by atoms with Crippen LogP contribution in [0.15, 0.2) is 71.0 Å². The molecule has 0 unspecified atom stereocenters. The SMILES string of the molecule is CC1(C)Cc2c(sc3nc(SCc4ccccc4)n4c(SCCc5ccccc5)nnc4c23)CO1. The fourth-order valence-corrected chi connectivity index (χ4v) is 7.49. The summed E-state index contributed by atoms with van der Waals surface area (Å²) in [6.07, 6.45) is 1.85. The molecule has 3 aromatic heterocycles. The zero-order valence-corrected chi connectivity index (χ0v) is 22.2. The Balaban J connectivity index is 1.40. The maximum absolute atomic E-state index is 6.10. The number of nitrogens with zero attached hydrogens (tertiary/aromatic N) is 4. The van der Waals surface area contributed by atoms with Crippen LogP contribution in [0, 0.1) is 0 Å². The molecule has 6 rings (SSSR count). The van der Waals surface area contributed by atoms with Gasteiger partial charge in [0.25, 0.3) is 0 Å². The summed E-state index contributed by atoms with van der Waals surface area (Å²) < 4.78 is 8.28. The maximum atomic E-state index is 6.10. The summed E-state index contributed by atoms with van der Waals surface area (Å²) in [5.41, 5.74) is 4.67. The molecular weight excluding hydrogens is 493 g/mol. The Labute approximate surface area is 217 Å². The first-order valence-corrected chi connectivity index (χ1v) is 14.5. The standard InChI is InChI=1S/C27H26N4OS3/c1-27(2)15-20-21(16-32-27)35-24-22(20)23-29-30-26(33-14-13-18-9-5-3-6-10-18)31(23)25(28-24)34-17-19-11-7-4-8-12-19/h3-12H,13-17H2,1-2H3. The van der Waals surface area contributed by atoms with E-state index in [9.17, 15) is 0 Å². The van der Waals surface area contributed by atoms with Crippen molar-refractivity contribution < 1.29 is 4.74 Å². The first-order valence-electron chi connectivity index (χ1n) is 11.7. The van der Waals surface area contributed by atoms with E-state index in [1.165, 1.54) is 21.6 Å². The largest absolute Gasteiger partial charge is 0.370 e. The second-order valence-corrected chi connectivity index (χ2v) is 12.4. The molecule has 0 N–H and O–H groups in total. The van der Waals surface area contributed by atoms with Crippen molar-refractivity contribution in [2.75, 3.05) is 5.75 Å². The normalized spacial score (nSPS) is 15.0. The molecule has 0 radical (unpaired) electrons. The van der Waals surface area contributed by atoms with E-state index in [0.717, 1.165) is 50.5 Å². The van der Waals surface area contributed by atoms with E-state index >= 15 is 0 Å². The highest BCUT2D eigenvalue weighted by molar-refractivity contribution is 7.99. The summed E-state index contributed by atoms with van der Waals surface area (Å²) in [6.45, 7) is 4.94. The van der Waals surface area contributed by atoms with Gasteiger partial charge in [0.05, 0.1) is 17.6 Å². The molecule has 5 aromatic rings. The summed E-state index contributed by atoms with van der Waals surface area (Å²) in [7, 11) is 0. The summed E-state index contributed by atoms with van der Waals surface area (Å²) in [5.74, 6) is 1.79. The average Bonchev–Trinajstić information content (AvgIpc) is 3.44. The number of hydrogen-bond acceptors (Lipinski definition) is 7. The molecule has 178 valence electrons. The van der Waals surface area contributed by atoms with Crippen LogP contribution in [-0.4, -0.2) is 30.9 Å². The van der Waals surface area contributed by atoms with Crippen molar-refractivity contribution in [2.24, 2.45) is 0 Å². The van der Waals surface area contributed by atoms with Gasteiger partial charge in [-0.05, 0) is 37.0 Å². The first-order chi connectivity index (χ1) is 17.1. The Morgan fingerprint density at radius 2 is 1.69 bits per heavy atom. The number of hydrogen-bond donors (Lipinski definition) is 0. The third-order valence-corrected chi connectivity index (χ3v) is 9.23. The van der Waals surface area contributed by atoms with Gasteiger partial charge in [-0.1, -0.05) is 84.2 Å². The number of rotatable bonds is 7. The van der Waals surface area contributed by atoms with Crippen LogP contribution in [0.5, 0.6) is 0 Å². The Morgan fingerprint density at radius 1 is 0.943 bits per heavy atom. The Hall–Kier alpha value is -2.39. The predicted octanol–water partition coefficient (Wildman–Crippen LogP) is 6.82.